The van der Waals surface area contributed by atoms with Crippen LogP contribution in [0.3, 0.4) is 0 Å². The third-order valence-corrected chi connectivity index (χ3v) is 6.89. The highest BCUT2D eigenvalue weighted by Crippen LogP contribution is 2.41. The minimum absolute atomic E-state index is 0.0297. The summed E-state index contributed by atoms with van der Waals surface area (Å²) in [4.78, 5) is 28.2. The monoisotopic (exact) mass is 515 g/mol. The number of carbonyl (C=O) groups is 2. The van der Waals surface area contributed by atoms with Crippen molar-refractivity contribution in [1.29, 1.82) is 0 Å². The minimum atomic E-state index is -0.832. The number of likely N-dealkylation sites (tertiary alicyclic amines) is 1. The first-order valence-corrected chi connectivity index (χ1v) is 12.6. The average molecular weight is 516 g/mol. The number of ketones is 1. The lowest BCUT2D eigenvalue weighted by molar-refractivity contribution is -0.140. The predicted octanol–water partition coefficient (Wildman–Crippen LogP) is 6.63. The second kappa shape index (κ2) is 10.3. The van der Waals surface area contributed by atoms with Crippen molar-refractivity contribution >= 4 is 28.2 Å². The van der Waals surface area contributed by atoms with E-state index in [0.29, 0.717) is 29.2 Å². The molecule has 6 rings (SSSR count). The van der Waals surface area contributed by atoms with E-state index < -0.39 is 17.7 Å². The van der Waals surface area contributed by atoms with Gasteiger partial charge in [0.2, 0.25) is 0 Å². The summed E-state index contributed by atoms with van der Waals surface area (Å²) < 4.78 is 11.5. The van der Waals surface area contributed by atoms with Crippen LogP contribution in [0.4, 0.5) is 0 Å². The first kappa shape index (κ1) is 24.2. The van der Waals surface area contributed by atoms with Gasteiger partial charge < -0.3 is 19.2 Å². The molecule has 1 N–H and O–H groups in total. The molecule has 5 aromatic rings. The lowest BCUT2D eigenvalue weighted by Crippen LogP contribution is -2.29. The van der Waals surface area contributed by atoms with Crippen LogP contribution in [-0.4, -0.2) is 21.7 Å². The normalized spacial score (nSPS) is 16.6. The van der Waals surface area contributed by atoms with Crippen molar-refractivity contribution in [1.82, 2.24) is 4.90 Å². The third-order valence-electron chi connectivity index (χ3n) is 6.89. The molecule has 0 aliphatic carbocycles. The van der Waals surface area contributed by atoms with Crippen LogP contribution < -0.4 is 4.74 Å². The minimum Gasteiger partial charge on any atom is -0.507 e. The number of fused-ring (bicyclic) bond motifs is 1. The Morgan fingerprint density at radius 3 is 2.41 bits per heavy atom. The van der Waals surface area contributed by atoms with Crippen LogP contribution in [0, 0.1) is 0 Å². The lowest BCUT2D eigenvalue weighted by Gasteiger charge is -2.25. The summed E-state index contributed by atoms with van der Waals surface area (Å²) in [6.45, 7) is 0.444. The van der Waals surface area contributed by atoms with Crippen molar-refractivity contribution < 1.29 is 23.8 Å². The highest BCUT2D eigenvalue weighted by molar-refractivity contribution is 6.46. The van der Waals surface area contributed by atoms with Gasteiger partial charge in [0, 0.05) is 5.56 Å². The Kier molecular flexibility index (Phi) is 6.43. The van der Waals surface area contributed by atoms with E-state index in [-0.39, 0.29) is 17.9 Å². The van der Waals surface area contributed by atoms with Gasteiger partial charge in [-0.05, 0) is 52.2 Å². The fourth-order valence-corrected chi connectivity index (χ4v) is 4.97. The summed E-state index contributed by atoms with van der Waals surface area (Å²) in [5.74, 6) is -0.543. The zero-order valence-corrected chi connectivity index (χ0v) is 21.0. The summed E-state index contributed by atoms with van der Waals surface area (Å²) in [7, 11) is 0. The number of carbonyl (C=O) groups excluding carboxylic acids is 2. The van der Waals surface area contributed by atoms with Crippen LogP contribution in [0.1, 0.15) is 28.5 Å². The Bertz CT molecular complexity index is 1690. The Morgan fingerprint density at radius 1 is 0.821 bits per heavy atom. The van der Waals surface area contributed by atoms with Crippen LogP contribution in [0.5, 0.6) is 5.75 Å². The highest BCUT2D eigenvalue weighted by Gasteiger charge is 2.46. The maximum Gasteiger partial charge on any atom is 0.296 e. The van der Waals surface area contributed by atoms with Gasteiger partial charge in [0.1, 0.15) is 23.9 Å². The Hall–Kier alpha value is -5.10. The molecule has 1 atom stereocenters. The van der Waals surface area contributed by atoms with E-state index in [4.69, 9.17) is 9.15 Å². The molecule has 0 spiro atoms. The number of rotatable bonds is 7. The van der Waals surface area contributed by atoms with Crippen LogP contribution in [0.2, 0.25) is 0 Å². The molecule has 0 saturated carbocycles. The van der Waals surface area contributed by atoms with Gasteiger partial charge in [-0.15, -0.1) is 0 Å². The molecule has 1 unspecified atom stereocenters. The summed E-state index contributed by atoms with van der Waals surface area (Å²) in [5, 5.41) is 13.4. The number of Topliss-reactive ketones (excluding diaryl/α,β-unsaturated/α-hetero) is 1. The van der Waals surface area contributed by atoms with E-state index in [0.717, 1.165) is 16.3 Å². The second-order valence-corrected chi connectivity index (χ2v) is 9.42. The van der Waals surface area contributed by atoms with E-state index >= 15 is 0 Å². The molecule has 1 aromatic heterocycles. The van der Waals surface area contributed by atoms with E-state index in [2.05, 4.69) is 0 Å². The Labute approximate surface area is 225 Å². The van der Waals surface area contributed by atoms with E-state index in [1.807, 2.05) is 91.0 Å². The molecule has 1 aliphatic heterocycles. The zero-order chi connectivity index (χ0) is 26.8. The fraction of sp³-hybridized carbons (Fsp3) is 0.0909. The molecule has 0 bridgehead atoms. The molecule has 0 radical (unpaired) electrons. The predicted molar refractivity (Wildman–Crippen MR) is 148 cm³/mol. The summed E-state index contributed by atoms with van der Waals surface area (Å²) in [6.07, 6.45) is 1.52. The first-order chi connectivity index (χ1) is 19.1. The standard InChI is InChI=1S/C33H25NO5/c35-31(26-16-15-23-10-4-5-11-24(23)18-26)29-30(34(33(37)32(29)36)20-28-14-7-17-38-28)25-12-6-13-27(19-25)39-21-22-8-2-1-3-9-22/h1-19,30,35H,20-21H2/b31-29-. The van der Waals surface area contributed by atoms with E-state index in [9.17, 15) is 14.7 Å². The lowest BCUT2D eigenvalue weighted by atomic mass is 9.94. The van der Waals surface area contributed by atoms with Crippen LogP contribution >= 0.6 is 0 Å². The molecule has 6 nitrogen and oxygen atoms in total. The molecule has 2 heterocycles. The number of nitrogens with zero attached hydrogens (tertiary/aromatic N) is 1. The smallest absolute Gasteiger partial charge is 0.296 e. The Morgan fingerprint density at radius 2 is 1.62 bits per heavy atom. The molecule has 6 heteroatoms. The van der Waals surface area contributed by atoms with Crippen molar-refractivity contribution in [3.05, 3.63) is 143 Å². The molecular formula is C33H25NO5. The molecule has 1 aliphatic rings. The number of hydrogen-bond donors (Lipinski definition) is 1. The molecule has 1 saturated heterocycles. The molecule has 39 heavy (non-hydrogen) atoms. The van der Waals surface area contributed by atoms with Crippen molar-refractivity contribution in [3.63, 3.8) is 0 Å². The van der Waals surface area contributed by atoms with Gasteiger partial charge in [-0.2, -0.15) is 0 Å². The second-order valence-electron chi connectivity index (χ2n) is 9.42. The average Bonchev–Trinajstić information content (AvgIpc) is 3.58. The maximum atomic E-state index is 13.4. The summed E-state index contributed by atoms with van der Waals surface area (Å²) >= 11 is 0. The van der Waals surface area contributed by atoms with Crippen molar-refractivity contribution in [2.24, 2.45) is 0 Å². The quantitative estimate of drug-likeness (QED) is 0.149. The third kappa shape index (κ3) is 4.80. The Balaban J connectivity index is 1.43. The van der Waals surface area contributed by atoms with Gasteiger partial charge in [0.15, 0.2) is 0 Å². The number of amides is 1. The fourth-order valence-electron chi connectivity index (χ4n) is 4.97. The van der Waals surface area contributed by atoms with Crippen molar-refractivity contribution in [2.45, 2.75) is 19.2 Å². The molecule has 192 valence electrons. The first-order valence-electron chi connectivity index (χ1n) is 12.6. The van der Waals surface area contributed by atoms with E-state index in [1.165, 1.54) is 11.2 Å². The van der Waals surface area contributed by atoms with Crippen molar-refractivity contribution in [3.8, 4) is 5.75 Å². The molecular weight excluding hydrogens is 490 g/mol. The zero-order valence-electron chi connectivity index (χ0n) is 21.0. The van der Waals surface area contributed by atoms with Crippen LogP contribution in [-0.2, 0) is 22.7 Å². The van der Waals surface area contributed by atoms with Gasteiger partial charge in [-0.1, -0.05) is 78.9 Å². The molecule has 1 amide bonds. The van der Waals surface area contributed by atoms with Crippen molar-refractivity contribution in [2.75, 3.05) is 0 Å². The number of aliphatic hydroxyl groups excluding tert-OH is 1. The largest absolute Gasteiger partial charge is 0.507 e. The molecule has 1 fully saturated rings. The number of benzene rings is 4. The maximum absolute atomic E-state index is 13.4. The number of hydrogen-bond acceptors (Lipinski definition) is 5. The highest BCUT2D eigenvalue weighted by atomic mass is 16.5. The number of ether oxygens (including phenoxy) is 1. The SMILES string of the molecule is O=C1C(=O)N(Cc2ccco2)C(c2cccc(OCc3ccccc3)c2)/C1=C(/O)c1ccc2ccccc2c1. The summed E-state index contributed by atoms with van der Waals surface area (Å²) in [5.41, 5.74) is 2.16. The van der Waals surface area contributed by atoms with Gasteiger partial charge >= 0.3 is 0 Å². The van der Waals surface area contributed by atoms with Gasteiger partial charge in [0.05, 0.1) is 24.4 Å². The van der Waals surface area contributed by atoms with Gasteiger partial charge in [-0.3, -0.25) is 9.59 Å². The summed E-state index contributed by atoms with van der Waals surface area (Å²) in [6, 6.07) is 33.0. The van der Waals surface area contributed by atoms with E-state index in [1.54, 1.807) is 18.2 Å². The molecule has 4 aromatic carbocycles. The van der Waals surface area contributed by atoms with Crippen LogP contribution in [0.25, 0.3) is 16.5 Å². The van der Waals surface area contributed by atoms with Gasteiger partial charge in [-0.25, -0.2) is 0 Å². The van der Waals surface area contributed by atoms with Gasteiger partial charge in [0.25, 0.3) is 11.7 Å². The number of furan rings is 1. The van der Waals surface area contributed by atoms with Crippen LogP contribution in [0.15, 0.2) is 125 Å². The topological polar surface area (TPSA) is 80.0 Å². The number of aliphatic hydroxyl groups is 1.